The number of fused-ring (bicyclic) bond motifs is 1. The van der Waals surface area contributed by atoms with Crippen LogP contribution in [0, 0.1) is 17.0 Å². The molecular formula is C19H14N4O4. The van der Waals surface area contributed by atoms with Crippen molar-refractivity contribution < 1.29 is 14.1 Å². The topological polar surface area (TPSA) is 103 Å². The van der Waals surface area contributed by atoms with Crippen molar-refractivity contribution in [3.05, 3.63) is 82.4 Å². The van der Waals surface area contributed by atoms with E-state index < -0.39 is 16.7 Å². The molecule has 1 aromatic carbocycles. The van der Waals surface area contributed by atoms with E-state index in [-0.39, 0.29) is 5.76 Å². The summed E-state index contributed by atoms with van der Waals surface area (Å²) in [5.74, 6) is -1.17. The molecule has 0 atom stereocenters. The third kappa shape index (κ3) is 3.28. The summed E-state index contributed by atoms with van der Waals surface area (Å²) in [6.07, 6.45) is 3.85. The van der Waals surface area contributed by atoms with E-state index in [0.29, 0.717) is 5.69 Å². The van der Waals surface area contributed by atoms with Crippen LogP contribution in [0.4, 0.5) is 11.6 Å². The molecule has 8 nitrogen and oxygen atoms in total. The summed E-state index contributed by atoms with van der Waals surface area (Å²) in [5.41, 5.74) is 4.09. The molecule has 1 N–H and O–H groups in total. The normalized spacial score (nSPS) is 10.9. The quantitative estimate of drug-likeness (QED) is 0.435. The molecule has 3 heterocycles. The summed E-state index contributed by atoms with van der Waals surface area (Å²) in [6.45, 7) is 2.00. The molecular weight excluding hydrogens is 348 g/mol. The van der Waals surface area contributed by atoms with Crippen LogP contribution in [0.3, 0.4) is 0 Å². The summed E-state index contributed by atoms with van der Waals surface area (Å²) in [7, 11) is 0. The number of hydrogen-bond acceptors (Lipinski definition) is 5. The Balaban J connectivity index is 1.59. The van der Waals surface area contributed by atoms with Crippen molar-refractivity contribution in [1.82, 2.24) is 9.38 Å². The largest absolute Gasteiger partial charge is 0.433 e. The predicted octanol–water partition coefficient (Wildman–Crippen LogP) is 4.06. The van der Waals surface area contributed by atoms with E-state index in [1.54, 1.807) is 18.2 Å². The van der Waals surface area contributed by atoms with Crippen molar-refractivity contribution in [2.24, 2.45) is 0 Å². The van der Waals surface area contributed by atoms with Crippen LogP contribution in [0.25, 0.3) is 16.9 Å². The molecule has 0 saturated heterocycles. The van der Waals surface area contributed by atoms with Gasteiger partial charge in [-0.1, -0.05) is 12.1 Å². The van der Waals surface area contributed by atoms with Crippen LogP contribution in [0.1, 0.15) is 16.1 Å². The fourth-order valence-corrected chi connectivity index (χ4v) is 2.72. The molecule has 134 valence electrons. The Morgan fingerprint density at radius 1 is 1.22 bits per heavy atom. The van der Waals surface area contributed by atoms with Crippen molar-refractivity contribution in [1.29, 1.82) is 0 Å². The first-order valence-corrected chi connectivity index (χ1v) is 8.11. The number of aromatic nitrogens is 2. The summed E-state index contributed by atoms with van der Waals surface area (Å²) < 4.78 is 6.84. The monoisotopic (exact) mass is 362 g/mol. The van der Waals surface area contributed by atoms with Crippen molar-refractivity contribution in [3.8, 4) is 11.3 Å². The lowest BCUT2D eigenvalue weighted by molar-refractivity contribution is -0.402. The number of nitrogens with zero attached hydrogens (tertiary/aromatic N) is 3. The Labute approximate surface area is 153 Å². The maximum atomic E-state index is 12.2. The number of aryl methyl sites for hydroxylation is 1. The smallest absolute Gasteiger partial charge is 0.395 e. The van der Waals surface area contributed by atoms with Gasteiger partial charge in [0.15, 0.2) is 5.76 Å². The molecule has 0 radical (unpaired) electrons. The van der Waals surface area contributed by atoms with Crippen LogP contribution >= 0.6 is 0 Å². The highest BCUT2D eigenvalue weighted by Gasteiger charge is 2.17. The first kappa shape index (κ1) is 16.5. The minimum Gasteiger partial charge on any atom is -0.395 e. The molecule has 0 spiro atoms. The SMILES string of the molecule is Cc1ccn2cc(-c3cccc(NC(=O)c4ccc([N+](=O)[O-])o4)c3)nc2c1. The Kier molecular flexibility index (Phi) is 3.92. The van der Waals surface area contributed by atoms with Gasteiger partial charge in [0.1, 0.15) is 10.6 Å². The summed E-state index contributed by atoms with van der Waals surface area (Å²) >= 11 is 0. The molecule has 0 saturated carbocycles. The number of carbonyl (C=O) groups excluding carboxylic acids is 1. The lowest BCUT2D eigenvalue weighted by atomic mass is 10.1. The second-order valence-corrected chi connectivity index (χ2v) is 6.03. The van der Waals surface area contributed by atoms with Gasteiger partial charge in [0, 0.05) is 23.6 Å². The van der Waals surface area contributed by atoms with Gasteiger partial charge in [-0.05, 0) is 42.8 Å². The van der Waals surface area contributed by atoms with Gasteiger partial charge in [-0.25, -0.2) is 4.98 Å². The highest BCUT2D eigenvalue weighted by molar-refractivity contribution is 6.02. The van der Waals surface area contributed by atoms with Crippen molar-refractivity contribution >= 4 is 23.1 Å². The third-order valence-electron chi connectivity index (χ3n) is 4.03. The average Bonchev–Trinajstić information content (AvgIpc) is 3.29. The average molecular weight is 362 g/mol. The zero-order valence-electron chi connectivity index (χ0n) is 14.2. The van der Waals surface area contributed by atoms with Crippen molar-refractivity contribution in [2.75, 3.05) is 5.32 Å². The van der Waals surface area contributed by atoms with E-state index in [9.17, 15) is 14.9 Å². The number of pyridine rings is 1. The van der Waals surface area contributed by atoms with E-state index in [1.165, 1.54) is 6.07 Å². The zero-order valence-corrected chi connectivity index (χ0v) is 14.2. The molecule has 3 aromatic heterocycles. The number of hydrogen-bond donors (Lipinski definition) is 1. The lowest BCUT2D eigenvalue weighted by Gasteiger charge is -2.04. The van der Waals surface area contributed by atoms with E-state index >= 15 is 0 Å². The Bertz CT molecular complexity index is 1180. The number of nitrogens with one attached hydrogen (secondary N) is 1. The maximum Gasteiger partial charge on any atom is 0.433 e. The number of carbonyl (C=O) groups is 1. The molecule has 0 fully saturated rings. The molecule has 0 unspecified atom stereocenters. The van der Waals surface area contributed by atoms with Crippen LogP contribution < -0.4 is 5.32 Å². The van der Waals surface area contributed by atoms with Gasteiger partial charge < -0.3 is 14.1 Å². The van der Waals surface area contributed by atoms with Gasteiger partial charge in [0.2, 0.25) is 0 Å². The van der Waals surface area contributed by atoms with Crippen LogP contribution in [-0.4, -0.2) is 20.2 Å². The predicted molar refractivity (Wildman–Crippen MR) is 98.7 cm³/mol. The molecule has 0 aliphatic rings. The number of imidazole rings is 1. The van der Waals surface area contributed by atoms with E-state index in [2.05, 4.69) is 10.3 Å². The molecule has 4 aromatic rings. The Morgan fingerprint density at radius 2 is 2.07 bits per heavy atom. The molecule has 8 heteroatoms. The van der Waals surface area contributed by atoms with Crippen molar-refractivity contribution in [3.63, 3.8) is 0 Å². The molecule has 0 aliphatic carbocycles. The van der Waals surface area contributed by atoms with Gasteiger partial charge in [-0.15, -0.1) is 0 Å². The highest BCUT2D eigenvalue weighted by Crippen LogP contribution is 2.24. The molecule has 0 aliphatic heterocycles. The summed E-state index contributed by atoms with van der Waals surface area (Å²) in [5, 5.41) is 13.3. The first-order valence-electron chi connectivity index (χ1n) is 8.11. The number of anilines is 1. The van der Waals surface area contributed by atoms with Gasteiger partial charge in [0.05, 0.1) is 11.8 Å². The minimum atomic E-state index is -0.692. The van der Waals surface area contributed by atoms with Crippen molar-refractivity contribution in [2.45, 2.75) is 6.92 Å². The number of amides is 1. The Hall–Kier alpha value is -3.94. The maximum absolute atomic E-state index is 12.2. The van der Waals surface area contributed by atoms with Gasteiger partial charge in [-0.3, -0.25) is 14.9 Å². The fourth-order valence-electron chi connectivity index (χ4n) is 2.72. The molecule has 27 heavy (non-hydrogen) atoms. The van der Waals surface area contributed by atoms with E-state index in [0.717, 1.165) is 28.5 Å². The summed E-state index contributed by atoms with van der Waals surface area (Å²) in [6, 6.07) is 13.6. The second kappa shape index (κ2) is 6.41. The highest BCUT2D eigenvalue weighted by atomic mass is 16.6. The fraction of sp³-hybridized carbons (Fsp3) is 0.0526. The number of rotatable bonds is 4. The second-order valence-electron chi connectivity index (χ2n) is 6.03. The number of benzene rings is 1. The molecule has 1 amide bonds. The van der Waals surface area contributed by atoms with Crippen LogP contribution in [0.2, 0.25) is 0 Å². The minimum absolute atomic E-state index is 0.129. The van der Waals surface area contributed by atoms with E-state index in [1.807, 2.05) is 41.9 Å². The zero-order chi connectivity index (χ0) is 19.0. The van der Waals surface area contributed by atoms with Gasteiger partial charge in [-0.2, -0.15) is 0 Å². The van der Waals surface area contributed by atoms with Crippen LogP contribution in [0.15, 0.2) is 65.3 Å². The standard InChI is InChI=1S/C19H14N4O4/c1-12-7-8-22-11-15(21-17(22)9-12)13-3-2-4-14(10-13)20-19(24)16-5-6-18(27-16)23(25)26/h2-11H,1H3,(H,20,24). The third-order valence-corrected chi connectivity index (χ3v) is 4.03. The van der Waals surface area contributed by atoms with Crippen LogP contribution in [-0.2, 0) is 0 Å². The van der Waals surface area contributed by atoms with Gasteiger partial charge >= 0.3 is 5.88 Å². The number of furan rings is 1. The van der Waals surface area contributed by atoms with Gasteiger partial charge in [0.25, 0.3) is 5.91 Å². The summed E-state index contributed by atoms with van der Waals surface area (Å²) in [4.78, 5) is 26.8. The Morgan fingerprint density at radius 3 is 2.85 bits per heavy atom. The molecule has 4 rings (SSSR count). The van der Waals surface area contributed by atoms with Crippen LogP contribution in [0.5, 0.6) is 0 Å². The molecule has 0 bridgehead atoms. The number of nitro groups is 1. The first-order chi connectivity index (χ1) is 13.0. The lowest BCUT2D eigenvalue weighted by Crippen LogP contribution is -2.10. The van der Waals surface area contributed by atoms with E-state index in [4.69, 9.17) is 4.42 Å².